The fraction of sp³-hybridized carbons (Fsp3) is 0.250. The van der Waals surface area contributed by atoms with Gasteiger partial charge < -0.3 is 0 Å². The number of Topliss-reactive ketones (excluding diaryl/α,β-unsaturated/α-hetero) is 1. The third-order valence-electron chi connectivity index (χ3n) is 2.10. The van der Waals surface area contributed by atoms with Gasteiger partial charge in [-0.15, -0.1) is 0 Å². The average molecular weight is 243 g/mol. The van der Waals surface area contributed by atoms with Crippen LogP contribution in [0, 0.1) is 0 Å². The number of hydrogen-bond donors (Lipinski definition) is 0. The summed E-state index contributed by atoms with van der Waals surface area (Å²) < 4.78 is 0. The van der Waals surface area contributed by atoms with Crippen LogP contribution in [-0.4, -0.2) is 5.78 Å². The lowest BCUT2D eigenvalue weighted by Gasteiger charge is -2.03. The Morgan fingerprint density at radius 2 is 1.80 bits per heavy atom. The van der Waals surface area contributed by atoms with E-state index in [-0.39, 0.29) is 5.78 Å². The summed E-state index contributed by atoms with van der Waals surface area (Å²) in [7, 11) is 0. The van der Waals surface area contributed by atoms with Crippen molar-refractivity contribution in [3.8, 4) is 0 Å². The molecule has 0 aliphatic heterocycles. The predicted molar refractivity (Wildman–Crippen MR) is 64.8 cm³/mol. The monoisotopic (exact) mass is 242 g/mol. The Morgan fingerprint density at radius 3 is 2.27 bits per heavy atom. The van der Waals surface area contributed by atoms with Crippen LogP contribution in [0.1, 0.15) is 30.1 Å². The number of ketones is 1. The molecule has 0 radical (unpaired) electrons. The standard InChI is InChI=1S/C12H12Cl2O/c1-3-8(2)4-12(15)9-5-10(13)7-11(14)6-9/h5-7H,2-4H2,1H3. The fourth-order valence-corrected chi connectivity index (χ4v) is 1.69. The van der Waals surface area contributed by atoms with Gasteiger partial charge in [-0.2, -0.15) is 0 Å². The van der Waals surface area contributed by atoms with Gasteiger partial charge in [0.1, 0.15) is 0 Å². The van der Waals surface area contributed by atoms with Crippen LogP contribution in [0.4, 0.5) is 0 Å². The Bertz CT molecular complexity index is 376. The van der Waals surface area contributed by atoms with Crippen molar-refractivity contribution in [2.45, 2.75) is 19.8 Å². The topological polar surface area (TPSA) is 17.1 Å². The molecule has 0 bridgehead atoms. The van der Waals surface area contributed by atoms with E-state index in [1.807, 2.05) is 6.92 Å². The molecule has 1 rings (SSSR count). The summed E-state index contributed by atoms with van der Waals surface area (Å²) in [5, 5.41) is 0.959. The Hall–Kier alpha value is -0.790. The minimum absolute atomic E-state index is 0.00579. The summed E-state index contributed by atoms with van der Waals surface area (Å²) >= 11 is 11.6. The highest BCUT2D eigenvalue weighted by Crippen LogP contribution is 2.21. The number of rotatable bonds is 4. The molecule has 1 aromatic rings. The van der Waals surface area contributed by atoms with Gasteiger partial charge in [0.25, 0.3) is 0 Å². The molecule has 0 heterocycles. The molecule has 1 nitrogen and oxygen atoms in total. The SMILES string of the molecule is C=C(CC)CC(=O)c1cc(Cl)cc(Cl)c1. The van der Waals surface area contributed by atoms with Gasteiger partial charge in [0.15, 0.2) is 5.78 Å². The molecule has 0 aliphatic carbocycles. The Labute approximate surface area is 99.7 Å². The molecule has 0 N–H and O–H groups in total. The van der Waals surface area contributed by atoms with Crippen LogP contribution in [-0.2, 0) is 0 Å². The zero-order valence-electron chi connectivity index (χ0n) is 8.52. The summed E-state index contributed by atoms with van der Waals surface area (Å²) in [5.41, 5.74) is 1.46. The number of allylic oxidation sites excluding steroid dienone is 1. The lowest BCUT2D eigenvalue weighted by Crippen LogP contribution is -2.00. The number of benzene rings is 1. The normalized spacial score (nSPS) is 10.1. The zero-order chi connectivity index (χ0) is 11.4. The van der Waals surface area contributed by atoms with E-state index in [2.05, 4.69) is 6.58 Å². The van der Waals surface area contributed by atoms with E-state index < -0.39 is 0 Å². The second-order valence-electron chi connectivity index (χ2n) is 3.36. The first-order valence-corrected chi connectivity index (χ1v) is 5.44. The summed E-state index contributed by atoms with van der Waals surface area (Å²) in [5.74, 6) is 0.00579. The number of carbonyl (C=O) groups excluding carboxylic acids is 1. The van der Waals surface area contributed by atoms with E-state index in [0.29, 0.717) is 22.0 Å². The van der Waals surface area contributed by atoms with Crippen molar-refractivity contribution >= 4 is 29.0 Å². The molecule has 80 valence electrons. The largest absolute Gasteiger partial charge is 0.294 e. The van der Waals surface area contributed by atoms with E-state index in [9.17, 15) is 4.79 Å². The summed E-state index contributed by atoms with van der Waals surface area (Å²) in [4.78, 5) is 11.7. The molecule has 0 aromatic heterocycles. The lowest BCUT2D eigenvalue weighted by atomic mass is 10.0. The lowest BCUT2D eigenvalue weighted by molar-refractivity contribution is 0.0992. The van der Waals surface area contributed by atoms with Crippen LogP contribution in [0.2, 0.25) is 10.0 Å². The molecule has 0 fully saturated rings. The van der Waals surface area contributed by atoms with Crippen LogP contribution in [0.5, 0.6) is 0 Å². The van der Waals surface area contributed by atoms with Crippen molar-refractivity contribution < 1.29 is 4.79 Å². The maximum absolute atomic E-state index is 11.7. The van der Waals surface area contributed by atoms with E-state index >= 15 is 0 Å². The quantitative estimate of drug-likeness (QED) is 0.560. The van der Waals surface area contributed by atoms with E-state index in [0.717, 1.165) is 12.0 Å². The molecular weight excluding hydrogens is 231 g/mol. The van der Waals surface area contributed by atoms with Gasteiger partial charge in [-0.25, -0.2) is 0 Å². The smallest absolute Gasteiger partial charge is 0.166 e. The molecule has 0 spiro atoms. The van der Waals surface area contributed by atoms with Crippen LogP contribution in [0.25, 0.3) is 0 Å². The first-order chi connectivity index (χ1) is 7.02. The first kappa shape index (κ1) is 12.3. The van der Waals surface area contributed by atoms with Crippen LogP contribution >= 0.6 is 23.2 Å². The van der Waals surface area contributed by atoms with Crippen molar-refractivity contribution in [3.63, 3.8) is 0 Å². The minimum Gasteiger partial charge on any atom is -0.294 e. The van der Waals surface area contributed by atoms with E-state index in [4.69, 9.17) is 23.2 Å². The molecule has 0 amide bonds. The molecule has 0 saturated carbocycles. The second kappa shape index (κ2) is 5.34. The van der Waals surface area contributed by atoms with Crippen molar-refractivity contribution in [1.82, 2.24) is 0 Å². The molecule has 0 aliphatic rings. The fourth-order valence-electron chi connectivity index (χ4n) is 1.17. The van der Waals surface area contributed by atoms with Gasteiger partial charge in [-0.3, -0.25) is 4.79 Å². The molecule has 3 heteroatoms. The van der Waals surface area contributed by atoms with Crippen LogP contribution in [0.3, 0.4) is 0 Å². The third-order valence-corrected chi connectivity index (χ3v) is 2.53. The third kappa shape index (κ3) is 3.69. The van der Waals surface area contributed by atoms with Crippen molar-refractivity contribution in [2.24, 2.45) is 0 Å². The van der Waals surface area contributed by atoms with Gasteiger partial charge in [0.05, 0.1) is 0 Å². The van der Waals surface area contributed by atoms with E-state index in [1.54, 1.807) is 18.2 Å². The summed E-state index contributed by atoms with van der Waals surface area (Å²) in [6, 6.07) is 4.85. The highest BCUT2D eigenvalue weighted by Gasteiger charge is 2.08. The highest BCUT2D eigenvalue weighted by atomic mass is 35.5. The maximum atomic E-state index is 11.7. The molecule has 0 saturated heterocycles. The highest BCUT2D eigenvalue weighted by molar-refractivity contribution is 6.35. The number of carbonyl (C=O) groups is 1. The van der Waals surface area contributed by atoms with Crippen molar-refractivity contribution in [2.75, 3.05) is 0 Å². The van der Waals surface area contributed by atoms with Crippen molar-refractivity contribution in [3.05, 3.63) is 46.0 Å². The summed E-state index contributed by atoms with van der Waals surface area (Å²) in [6.45, 7) is 5.77. The molecule has 15 heavy (non-hydrogen) atoms. The molecule has 1 aromatic carbocycles. The van der Waals surface area contributed by atoms with E-state index in [1.165, 1.54) is 0 Å². The van der Waals surface area contributed by atoms with Gasteiger partial charge >= 0.3 is 0 Å². The molecule has 0 unspecified atom stereocenters. The first-order valence-electron chi connectivity index (χ1n) is 4.69. The number of halogens is 2. The number of hydrogen-bond acceptors (Lipinski definition) is 1. The van der Waals surface area contributed by atoms with Gasteiger partial charge in [0.2, 0.25) is 0 Å². The minimum atomic E-state index is 0.00579. The Balaban J connectivity index is 2.86. The Morgan fingerprint density at radius 1 is 1.27 bits per heavy atom. The average Bonchev–Trinajstić information content (AvgIpc) is 2.16. The zero-order valence-corrected chi connectivity index (χ0v) is 10.0. The maximum Gasteiger partial charge on any atom is 0.166 e. The van der Waals surface area contributed by atoms with Crippen LogP contribution in [0.15, 0.2) is 30.4 Å². The predicted octanol–water partition coefficient (Wildman–Crippen LogP) is 4.53. The van der Waals surface area contributed by atoms with Gasteiger partial charge in [0, 0.05) is 22.0 Å². The van der Waals surface area contributed by atoms with Crippen molar-refractivity contribution in [1.29, 1.82) is 0 Å². The second-order valence-corrected chi connectivity index (χ2v) is 4.23. The molecule has 0 atom stereocenters. The molecular formula is C12H12Cl2O. The van der Waals surface area contributed by atoms with Gasteiger partial charge in [-0.1, -0.05) is 42.3 Å². The summed E-state index contributed by atoms with van der Waals surface area (Å²) in [6.07, 6.45) is 1.16. The Kier molecular flexibility index (Phi) is 4.37. The van der Waals surface area contributed by atoms with Crippen LogP contribution < -0.4 is 0 Å². The van der Waals surface area contributed by atoms with Gasteiger partial charge in [-0.05, 0) is 24.6 Å².